The van der Waals surface area contributed by atoms with Crippen LogP contribution in [0, 0.1) is 5.92 Å². The number of aryl methyl sites for hydroxylation is 1. The third kappa shape index (κ3) is 6.21. The van der Waals surface area contributed by atoms with Crippen LogP contribution in [0.3, 0.4) is 0 Å². The summed E-state index contributed by atoms with van der Waals surface area (Å²) >= 11 is 0. The molecule has 1 N–H and O–H groups in total. The Labute approximate surface area is 164 Å². The van der Waals surface area contributed by atoms with Crippen LogP contribution in [-0.2, 0) is 16.6 Å². The number of carbonyl (C=O) groups excluding carboxylic acids is 1. The quantitative estimate of drug-likeness (QED) is 0.519. The third-order valence-corrected chi connectivity index (χ3v) is 5.83. The average Bonchev–Trinajstić information content (AvgIpc) is 3.11. The Kier molecular flexibility index (Phi) is 8.09. The molecule has 0 aliphatic heterocycles. The number of hydrogen-bond donors (Lipinski definition) is 1. The molecule has 3 nitrogen and oxygen atoms in total. The van der Waals surface area contributed by atoms with Gasteiger partial charge in [0.25, 0.3) is 0 Å². The first-order valence-corrected chi connectivity index (χ1v) is 10.5. The van der Waals surface area contributed by atoms with Crippen molar-refractivity contribution in [3.63, 3.8) is 0 Å². The SMILES string of the molecule is CCC(O)C(=O)C[C@@H](C)CCC/C(C)=C\C=C\[C@]1(C)CCCc2ccoc21. The summed E-state index contributed by atoms with van der Waals surface area (Å²) in [6, 6.07) is 2.10. The number of furan rings is 1. The highest BCUT2D eigenvalue weighted by Gasteiger charge is 2.32. The Morgan fingerprint density at radius 2 is 2.22 bits per heavy atom. The first kappa shape index (κ1) is 21.7. The van der Waals surface area contributed by atoms with Gasteiger partial charge in [0.05, 0.1) is 6.26 Å². The molecular weight excluding hydrogens is 336 g/mol. The molecule has 0 saturated carbocycles. The highest BCUT2D eigenvalue weighted by Crippen LogP contribution is 2.38. The monoisotopic (exact) mass is 372 g/mol. The number of allylic oxidation sites excluding steroid dienone is 4. The van der Waals surface area contributed by atoms with E-state index in [4.69, 9.17) is 4.42 Å². The summed E-state index contributed by atoms with van der Waals surface area (Å²) in [7, 11) is 0. The molecule has 1 aliphatic rings. The van der Waals surface area contributed by atoms with Crippen LogP contribution in [0.2, 0.25) is 0 Å². The fraction of sp³-hybridized carbons (Fsp3) is 0.625. The van der Waals surface area contributed by atoms with Gasteiger partial charge in [-0.05, 0) is 76.3 Å². The van der Waals surface area contributed by atoms with Crippen molar-refractivity contribution in [2.24, 2.45) is 5.92 Å². The van der Waals surface area contributed by atoms with Gasteiger partial charge in [0, 0.05) is 11.8 Å². The van der Waals surface area contributed by atoms with Gasteiger partial charge >= 0.3 is 0 Å². The van der Waals surface area contributed by atoms with Crippen LogP contribution < -0.4 is 0 Å². The van der Waals surface area contributed by atoms with Crippen molar-refractivity contribution in [2.45, 2.75) is 90.6 Å². The molecule has 0 radical (unpaired) electrons. The first-order chi connectivity index (χ1) is 12.9. The topological polar surface area (TPSA) is 50.4 Å². The van der Waals surface area contributed by atoms with Gasteiger partial charge in [0.1, 0.15) is 11.9 Å². The zero-order valence-corrected chi connectivity index (χ0v) is 17.5. The van der Waals surface area contributed by atoms with E-state index in [9.17, 15) is 9.90 Å². The maximum atomic E-state index is 11.8. The molecule has 1 aromatic rings. The van der Waals surface area contributed by atoms with Crippen molar-refractivity contribution in [3.8, 4) is 0 Å². The number of aliphatic hydroxyl groups is 1. The molecule has 0 fully saturated rings. The summed E-state index contributed by atoms with van der Waals surface area (Å²) in [5.74, 6) is 1.45. The van der Waals surface area contributed by atoms with Gasteiger partial charge in [-0.25, -0.2) is 0 Å². The zero-order valence-electron chi connectivity index (χ0n) is 17.5. The van der Waals surface area contributed by atoms with Gasteiger partial charge < -0.3 is 9.52 Å². The van der Waals surface area contributed by atoms with E-state index >= 15 is 0 Å². The molecule has 3 heteroatoms. The number of fused-ring (bicyclic) bond motifs is 1. The van der Waals surface area contributed by atoms with Crippen molar-refractivity contribution >= 4 is 5.78 Å². The summed E-state index contributed by atoms with van der Waals surface area (Å²) in [5.41, 5.74) is 2.71. The van der Waals surface area contributed by atoms with E-state index < -0.39 is 6.10 Å². The summed E-state index contributed by atoms with van der Waals surface area (Å²) in [6.07, 6.45) is 15.3. The smallest absolute Gasteiger partial charge is 0.161 e. The number of Topliss-reactive ketones (excluding diaryl/α,β-unsaturated/α-hetero) is 1. The lowest BCUT2D eigenvalue weighted by Gasteiger charge is -2.29. The summed E-state index contributed by atoms with van der Waals surface area (Å²) in [4.78, 5) is 11.8. The van der Waals surface area contributed by atoms with E-state index in [-0.39, 0.29) is 11.2 Å². The van der Waals surface area contributed by atoms with Crippen LogP contribution in [-0.4, -0.2) is 17.0 Å². The van der Waals surface area contributed by atoms with Crippen LogP contribution in [0.15, 0.2) is 40.5 Å². The van der Waals surface area contributed by atoms with E-state index in [0.29, 0.717) is 18.8 Å². The molecule has 2 rings (SSSR count). The molecular formula is C24H36O3. The fourth-order valence-corrected chi connectivity index (χ4v) is 4.00. The van der Waals surface area contributed by atoms with Crippen LogP contribution >= 0.6 is 0 Å². The molecule has 0 bridgehead atoms. The Hall–Kier alpha value is -1.61. The van der Waals surface area contributed by atoms with Gasteiger partial charge in [0.15, 0.2) is 5.78 Å². The van der Waals surface area contributed by atoms with E-state index in [1.54, 1.807) is 0 Å². The zero-order chi connectivity index (χ0) is 19.9. The van der Waals surface area contributed by atoms with Crippen LogP contribution in [0.4, 0.5) is 0 Å². The van der Waals surface area contributed by atoms with E-state index in [2.05, 4.69) is 45.1 Å². The molecule has 27 heavy (non-hydrogen) atoms. The maximum absolute atomic E-state index is 11.8. The Bertz CT molecular complexity index is 667. The van der Waals surface area contributed by atoms with Gasteiger partial charge in [-0.2, -0.15) is 0 Å². The van der Waals surface area contributed by atoms with Crippen LogP contribution in [0.1, 0.15) is 84.0 Å². The highest BCUT2D eigenvalue weighted by molar-refractivity contribution is 5.82. The minimum Gasteiger partial charge on any atom is -0.468 e. The van der Waals surface area contributed by atoms with Crippen molar-refractivity contribution < 1.29 is 14.3 Å². The van der Waals surface area contributed by atoms with Crippen molar-refractivity contribution in [2.75, 3.05) is 0 Å². The second kappa shape index (κ2) is 10.1. The maximum Gasteiger partial charge on any atom is 0.161 e. The number of hydrogen-bond acceptors (Lipinski definition) is 3. The summed E-state index contributed by atoms with van der Waals surface area (Å²) in [6.45, 7) is 8.37. The average molecular weight is 373 g/mol. The second-order valence-electron chi connectivity index (χ2n) is 8.51. The van der Waals surface area contributed by atoms with Crippen molar-refractivity contribution in [1.82, 2.24) is 0 Å². The Morgan fingerprint density at radius 1 is 1.44 bits per heavy atom. The molecule has 0 spiro atoms. The molecule has 150 valence electrons. The Balaban J connectivity index is 1.78. The van der Waals surface area contributed by atoms with Gasteiger partial charge in [0.2, 0.25) is 0 Å². The van der Waals surface area contributed by atoms with Gasteiger partial charge in [-0.1, -0.05) is 37.6 Å². The largest absolute Gasteiger partial charge is 0.468 e. The molecule has 1 aliphatic carbocycles. The van der Waals surface area contributed by atoms with Gasteiger partial charge in [-0.3, -0.25) is 4.79 Å². The molecule has 1 aromatic heterocycles. The minimum atomic E-state index is -0.782. The molecule has 3 atom stereocenters. The third-order valence-electron chi connectivity index (χ3n) is 5.83. The lowest BCUT2D eigenvalue weighted by atomic mass is 9.75. The predicted octanol–water partition coefficient (Wildman–Crippen LogP) is 5.91. The lowest BCUT2D eigenvalue weighted by molar-refractivity contribution is -0.128. The molecule has 1 heterocycles. The molecule has 0 amide bonds. The highest BCUT2D eigenvalue weighted by atomic mass is 16.3. The number of ketones is 1. The fourth-order valence-electron chi connectivity index (χ4n) is 4.00. The van der Waals surface area contributed by atoms with E-state index in [1.165, 1.54) is 17.6 Å². The number of rotatable bonds is 10. The van der Waals surface area contributed by atoms with Crippen LogP contribution in [0.5, 0.6) is 0 Å². The second-order valence-corrected chi connectivity index (χ2v) is 8.51. The summed E-state index contributed by atoms with van der Waals surface area (Å²) < 4.78 is 5.76. The standard InChI is InChI=1S/C24H36O3/c1-5-21(25)22(26)17-19(3)10-6-9-18(2)11-7-14-24(4)15-8-12-20-13-16-27-23(20)24/h7,11,13-14,16,19,21,25H,5-6,8-10,12,15,17H2,1-4H3/b14-7+,18-11-/t19-,21?,24+/m0/s1. The van der Waals surface area contributed by atoms with E-state index in [0.717, 1.165) is 37.9 Å². The van der Waals surface area contributed by atoms with Crippen LogP contribution in [0.25, 0.3) is 0 Å². The van der Waals surface area contributed by atoms with Crippen molar-refractivity contribution in [1.29, 1.82) is 0 Å². The lowest BCUT2D eigenvalue weighted by Crippen LogP contribution is -2.23. The number of aliphatic hydroxyl groups excluding tert-OH is 1. The first-order valence-electron chi connectivity index (χ1n) is 10.5. The van der Waals surface area contributed by atoms with Gasteiger partial charge in [-0.15, -0.1) is 0 Å². The minimum absolute atomic E-state index is 0.00283. The molecule has 1 unspecified atom stereocenters. The number of carbonyl (C=O) groups is 1. The predicted molar refractivity (Wildman–Crippen MR) is 111 cm³/mol. The summed E-state index contributed by atoms with van der Waals surface area (Å²) in [5, 5.41) is 9.59. The Morgan fingerprint density at radius 3 is 2.96 bits per heavy atom. The van der Waals surface area contributed by atoms with E-state index in [1.807, 2.05) is 13.2 Å². The normalized spacial score (nSPS) is 22.6. The van der Waals surface area contributed by atoms with Crippen molar-refractivity contribution in [3.05, 3.63) is 47.5 Å². The molecule has 0 aromatic carbocycles. The molecule has 0 saturated heterocycles.